The molecule has 1 aromatic rings. The van der Waals surface area contributed by atoms with Gasteiger partial charge in [-0.25, -0.2) is 4.79 Å². The molecule has 2 rings (SSSR count). The van der Waals surface area contributed by atoms with Gasteiger partial charge in [0.05, 0.1) is 17.1 Å². The minimum absolute atomic E-state index is 0.0252. The first-order chi connectivity index (χ1) is 12.4. The molecule has 0 bridgehead atoms. The molecule has 0 spiro atoms. The molecule has 2 amide bonds. The maximum Gasteiger partial charge on any atom is 0.338 e. The number of carbonyl (C=O) groups is 3. The second-order valence-corrected chi connectivity index (χ2v) is 5.99. The Morgan fingerprint density at radius 3 is 2.50 bits per heavy atom. The molecule has 9 heteroatoms. The van der Waals surface area contributed by atoms with Crippen molar-refractivity contribution in [3.63, 3.8) is 0 Å². The average molecular weight is 385 g/mol. The van der Waals surface area contributed by atoms with Crippen molar-refractivity contribution >= 4 is 29.4 Å². The number of esters is 1. The number of benzene rings is 1. The van der Waals surface area contributed by atoms with Crippen LogP contribution in [0, 0.1) is 0 Å². The summed E-state index contributed by atoms with van der Waals surface area (Å²) >= 11 is 6.02. The van der Waals surface area contributed by atoms with Gasteiger partial charge in [0, 0.05) is 20.1 Å². The Bertz CT molecular complexity index is 705. The first-order valence-electron chi connectivity index (χ1n) is 8.15. The van der Waals surface area contributed by atoms with Crippen molar-refractivity contribution in [3.05, 3.63) is 22.7 Å². The van der Waals surface area contributed by atoms with Crippen molar-refractivity contribution in [2.24, 2.45) is 0 Å². The smallest absolute Gasteiger partial charge is 0.338 e. The van der Waals surface area contributed by atoms with Crippen LogP contribution in [-0.2, 0) is 14.3 Å². The zero-order valence-electron chi connectivity index (χ0n) is 14.9. The molecule has 0 atom stereocenters. The van der Waals surface area contributed by atoms with E-state index < -0.39 is 18.5 Å². The van der Waals surface area contributed by atoms with Crippen molar-refractivity contribution in [2.75, 3.05) is 40.1 Å². The van der Waals surface area contributed by atoms with E-state index >= 15 is 0 Å². The lowest BCUT2D eigenvalue weighted by molar-refractivity contribution is -0.140. The van der Waals surface area contributed by atoms with Crippen molar-refractivity contribution in [1.82, 2.24) is 9.80 Å². The molecule has 0 N–H and O–H groups in total. The maximum atomic E-state index is 12.1. The van der Waals surface area contributed by atoms with Gasteiger partial charge in [-0.05, 0) is 26.0 Å². The van der Waals surface area contributed by atoms with Crippen molar-refractivity contribution in [1.29, 1.82) is 0 Å². The molecule has 0 aromatic heterocycles. The van der Waals surface area contributed by atoms with E-state index in [9.17, 15) is 14.4 Å². The molecule has 1 aliphatic heterocycles. The second kappa shape index (κ2) is 8.75. The van der Waals surface area contributed by atoms with Gasteiger partial charge in [0.2, 0.25) is 12.7 Å². The monoisotopic (exact) mass is 384 g/mol. The van der Waals surface area contributed by atoms with E-state index in [0.717, 1.165) is 0 Å². The highest BCUT2D eigenvalue weighted by molar-refractivity contribution is 6.32. The van der Waals surface area contributed by atoms with Crippen molar-refractivity contribution in [3.8, 4) is 11.5 Å². The standard InChI is InChI=1S/C17H21ClN2O6/c1-4-20(5-2)14(21)8-19(3)15(22)9-24-17(23)11-6-12(18)16-13(7-11)25-10-26-16/h6-7H,4-5,8-10H2,1-3H3. The van der Waals surface area contributed by atoms with Gasteiger partial charge in [0.1, 0.15) is 0 Å². The fourth-order valence-corrected chi connectivity index (χ4v) is 2.64. The Morgan fingerprint density at radius 1 is 1.15 bits per heavy atom. The van der Waals surface area contributed by atoms with Crippen LogP contribution >= 0.6 is 11.6 Å². The molecule has 8 nitrogen and oxygen atoms in total. The fourth-order valence-electron chi connectivity index (χ4n) is 2.37. The van der Waals surface area contributed by atoms with Crippen molar-refractivity contribution < 1.29 is 28.6 Å². The zero-order valence-corrected chi connectivity index (χ0v) is 15.7. The Labute approximate surface area is 156 Å². The van der Waals surface area contributed by atoms with Gasteiger partial charge in [0.25, 0.3) is 5.91 Å². The van der Waals surface area contributed by atoms with Crippen molar-refractivity contribution in [2.45, 2.75) is 13.8 Å². The highest BCUT2D eigenvalue weighted by Crippen LogP contribution is 2.39. The third-order valence-electron chi connectivity index (χ3n) is 3.90. The molecule has 0 unspecified atom stereocenters. The average Bonchev–Trinajstić information content (AvgIpc) is 3.09. The first kappa shape index (κ1) is 19.8. The van der Waals surface area contributed by atoms with Gasteiger partial charge in [-0.3, -0.25) is 9.59 Å². The third kappa shape index (κ3) is 4.57. The molecule has 1 heterocycles. The largest absolute Gasteiger partial charge is 0.454 e. The summed E-state index contributed by atoms with van der Waals surface area (Å²) in [4.78, 5) is 39.0. The predicted octanol–water partition coefficient (Wildman–Crippen LogP) is 1.55. The normalized spacial score (nSPS) is 11.8. The van der Waals surface area contributed by atoms with E-state index in [2.05, 4.69) is 0 Å². The van der Waals surface area contributed by atoms with Crippen LogP contribution in [0.3, 0.4) is 0 Å². The number of amides is 2. The van der Waals surface area contributed by atoms with E-state index in [1.165, 1.54) is 24.1 Å². The van der Waals surface area contributed by atoms with Gasteiger partial charge in [-0.15, -0.1) is 0 Å². The van der Waals surface area contributed by atoms with E-state index in [1.807, 2.05) is 13.8 Å². The van der Waals surface area contributed by atoms with Gasteiger partial charge >= 0.3 is 5.97 Å². The van der Waals surface area contributed by atoms with Crippen LogP contribution in [0.1, 0.15) is 24.2 Å². The van der Waals surface area contributed by atoms with E-state index in [4.69, 9.17) is 25.8 Å². The van der Waals surface area contributed by atoms with E-state index in [1.54, 1.807) is 4.90 Å². The molecular weight excluding hydrogens is 364 g/mol. The van der Waals surface area contributed by atoms with Gasteiger partial charge in [-0.2, -0.15) is 0 Å². The Morgan fingerprint density at radius 2 is 1.85 bits per heavy atom. The quantitative estimate of drug-likeness (QED) is 0.663. The number of halogens is 1. The van der Waals surface area contributed by atoms with Crippen LogP contribution in [0.2, 0.25) is 5.02 Å². The fraction of sp³-hybridized carbons (Fsp3) is 0.471. The molecule has 0 fully saturated rings. The summed E-state index contributed by atoms with van der Waals surface area (Å²) in [6.45, 7) is 4.33. The number of hydrogen-bond donors (Lipinski definition) is 0. The SMILES string of the molecule is CCN(CC)C(=O)CN(C)C(=O)COC(=O)c1cc(Cl)c2c(c1)OCO2. The topological polar surface area (TPSA) is 85.4 Å². The number of nitrogens with zero attached hydrogens (tertiary/aromatic N) is 2. The summed E-state index contributed by atoms with van der Waals surface area (Å²) in [6, 6.07) is 2.82. The van der Waals surface area contributed by atoms with Crippen LogP contribution in [0.5, 0.6) is 11.5 Å². The summed E-state index contributed by atoms with van der Waals surface area (Å²) in [5, 5.41) is 0.222. The number of hydrogen-bond acceptors (Lipinski definition) is 6. The highest BCUT2D eigenvalue weighted by Gasteiger charge is 2.22. The van der Waals surface area contributed by atoms with E-state index in [0.29, 0.717) is 24.6 Å². The summed E-state index contributed by atoms with van der Waals surface area (Å²) in [6.07, 6.45) is 0. The highest BCUT2D eigenvalue weighted by atomic mass is 35.5. The van der Waals surface area contributed by atoms with Gasteiger partial charge in [-0.1, -0.05) is 11.6 Å². The lowest BCUT2D eigenvalue weighted by Crippen LogP contribution is -2.42. The summed E-state index contributed by atoms with van der Waals surface area (Å²) in [5.74, 6) is -0.654. The Balaban J connectivity index is 1.90. The number of carbonyl (C=O) groups excluding carboxylic acids is 3. The summed E-state index contributed by atoms with van der Waals surface area (Å²) in [7, 11) is 1.48. The lowest BCUT2D eigenvalue weighted by atomic mass is 10.2. The number of fused-ring (bicyclic) bond motifs is 1. The molecular formula is C17H21ClN2O6. The van der Waals surface area contributed by atoms with Crippen LogP contribution in [0.15, 0.2) is 12.1 Å². The number of rotatable bonds is 7. The maximum absolute atomic E-state index is 12.1. The second-order valence-electron chi connectivity index (χ2n) is 5.58. The Hall–Kier alpha value is -2.48. The third-order valence-corrected chi connectivity index (χ3v) is 4.18. The zero-order chi connectivity index (χ0) is 19.3. The summed E-state index contributed by atoms with van der Waals surface area (Å²) in [5.41, 5.74) is 0.147. The molecule has 0 radical (unpaired) electrons. The molecule has 0 saturated heterocycles. The lowest BCUT2D eigenvalue weighted by Gasteiger charge is -2.23. The molecule has 0 aliphatic carbocycles. The number of ether oxygens (including phenoxy) is 3. The molecule has 1 aromatic carbocycles. The molecule has 26 heavy (non-hydrogen) atoms. The molecule has 142 valence electrons. The first-order valence-corrected chi connectivity index (χ1v) is 8.53. The van der Waals surface area contributed by atoms with Crippen LogP contribution in [0.25, 0.3) is 0 Å². The minimum atomic E-state index is -0.720. The van der Waals surface area contributed by atoms with Gasteiger partial charge in [0.15, 0.2) is 18.1 Å². The molecule has 0 saturated carbocycles. The minimum Gasteiger partial charge on any atom is -0.454 e. The van der Waals surface area contributed by atoms with Crippen LogP contribution in [-0.4, -0.2) is 67.7 Å². The van der Waals surface area contributed by atoms with Crippen LogP contribution in [0.4, 0.5) is 0 Å². The summed E-state index contributed by atoms with van der Waals surface area (Å²) < 4.78 is 15.4. The molecule has 1 aliphatic rings. The van der Waals surface area contributed by atoms with Crippen LogP contribution < -0.4 is 9.47 Å². The predicted molar refractivity (Wildman–Crippen MR) is 93.4 cm³/mol. The number of likely N-dealkylation sites (N-methyl/N-ethyl adjacent to an activating group) is 2. The van der Waals surface area contributed by atoms with Gasteiger partial charge < -0.3 is 24.0 Å². The Kier molecular flexibility index (Phi) is 6.68. The van der Waals surface area contributed by atoms with E-state index in [-0.39, 0.29) is 29.8 Å².